The first-order valence-electron chi connectivity index (χ1n) is 6.16. The molecule has 0 aliphatic heterocycles. The first kappa shape index (κ1) is 13.1. The van der Waals surface area contributed by atoms with E-state index in [1.165, 1.54) is 6.07 Å². The lowest BCUT2D eigenvalue weighted by Gasteiger charge is -2.08. The number of fused-ring (bicyclic) bond motifs is 1. The van der Waals surface area contributed by atoms with Crippen LogP contribution >= 0.6 is 15.9 Å². The summed E-state index contributed by atoms with van der Waals surface area (Å²) in [6, 6.07) is 12.3. The zero-order valence-corrected chi connectivity index (χ0v) is 12.1. The van der Waals surface area contributed by atoms with Crippen LogP contribution in [0.15, 0.2) is 53.1 Å². The molecule has 1 heterocycles. The third-order valence-corrected chi connectivity index (χ3v) is 3.82. The van der Waals surface area contributed by atoms with Crippen LogP contribution in [0.1, 0.15) is 15.9 Å². The normalized spacial score (nSPS) is 10.9. The minimum absolute atomic E-state index is 0.235. The maximum Gasteiger partial charge on any atom is 0.150 e. The Balaban J connectivity index is 2.07. The highest BCUT2D eigenvalue weighted by Gasteiger charge is 2.08. The molecule has 0 fully saturated rings. The number of rotatable bonds is 3. The second-order valence-electron chi connectivity index (χ2n) is 4.58. The average Bonchev–Trinajstić information content (AvgIpc) is 2.86. The predicted molar refractivity (Wildman–Crippen MR) is 80.5 cm³/mol. The van der Waals surface area contributed by atoms with E-state index in [0.29, 0.717) is 17.7 Å². The second kappa shape index (κ2) is 5.21. The first-order chi connectivity index (χ1) is 9.69. The van der Waals surface area contributed by atoms with Crippen LogP contribution in [0.25, 0.3) is 10.9 Å². The van der Waals surface area contributed by atoms with Gasteiger partial charge in [-0.25, -0.2) is 4.39 Å². The zero-order valence-electron chi connectivity index (χ0n) is 10.5. The number of hydrogen-bond acceptors (Lipinski definition) is 1. The second-order valence-corrected chi connectivity index (χ2v) is 5.49. The molecule has 0 atom stereocenters. The Kier molecular flexibility index (Phi) is 3.40. The van der Waals surface area contributed by atoms with E-state index in [-0.39, 0.29) is 5.82 Å². The molecule has 0 saturated heterocycles. The molecule has 2 nitrogen and oxygen atoms in total. The summed E-state index contributed by atoms with van der Waals surface area (Å²) >= 11 is 3.35. The van der Waals surface area contributed by atoms with Crippen LogP contribution < -0.4 is 0 Å². The van der Waals surface area contributed by atoms with E-state index < -0.39 is 0 Å². The Morgan fingerprint density at radius 1 is 1.20 bits per heavy atom. The molecule has 3 aromatic rings. The zero-order chi connectivity index (χ0) is 14.1. The summed E-state index contributed by atoms with van der Waals surface area (Å²) in [5, 5.41) is 0.887. The number of benzene rings is 2. The molecule has 3 rings (SSSR count). The summed E-state index contributed by atoms with van der Waals surface area (Å²) in [5.74, 6) is -0.235. The summed E-state index contributed by atoms with van der Waals surface area (Å²) in [5.41, 5.74) is 2.18. The number of hydrogen-bond donors (Lipinski definition) is 0. The van der Waals surface area contributed by atoms with E-state index in [9.17, 15) is 9.18 Å². The third-order valence-electron chi connectivity index (χ3n) is 3.32. The molecule has 2 aromatic carbocycles. The van der Waals surface area contributed by atoms with Crippen LogP contribution in [-0.2, 0) is 6.54 Å². The van der Waals surface area contributed by atoms with Gasteiger partial charge in [0.15, 0.2) is 6.29 Å². The van der Waals surface area contributed by atoms with Crippen LogP contribution in [0.2, 0.25) is 0 Å². The van der Waals surface area contributed by atoms with E-state index in [2.05, 4.69) is 15.9 Å². The number of aromatic nitrogens is 1. The fourth-order valence-corrected chi connectivity index (χ4v) is 2.74. The van der Waals surface area contributed by atoms with Crippen molar-refractivity contribution in [3.8, 4) is 0 Å². The Labute approximate surface area is 124 Å². The van der Waals surface area contributed by atoms with Crippen LogP contribution in [0, 0.1) is 5.82 Å². The van der Waals surface area contributed by atoms with Gasteiger partial charge in [-0.1, -0.05) is 28.1 Å². The van der Waals surface area contributed by atoms with Crippen molar-refractivity contribution in [2.75, 3.05) is 0 Å². The Morgan fingerprint density at radius 2 is 2.05 bits per heavy atom. The Bertz CT molecular complexity index is 794. The predicted octanol–water partition coefficient (Wildman–Crippen LogP) is 4.40. The fourth-order valence-electron chi connectivity index (χ4n) is 2.34. The summed E-state index contributed by atoms with van der Waals surface area (Å²) in [6.07, 6.45) is 2.71. The highest BCUT2D eigenvalue weighted by Crippen LogP contribution is 2.22. The molecule has 0 bridgehead atoms. The lowest BCUT2D eigenvalue weighted by Crippen LogP contribution is -2.00. The Hall–Kier alpha value is -1.94. The number of carbonyl (C=O) groups excluding carboxylic acids is 1. The average molecular weight is 332 g/mol. The molecule has 1 aromatic heterocycles. The number of aldehydes is 1. The molecule has 0 spiro atoms. The quantitative estimate of drug-likeness (QED) is 0.652. The summed E-state index contributed by atoms with van der Waals surface area (Å²) in [7, 11) is 0. The molecule has 0 unspecified atom stereocenters. The van der Waals surface area contributed by atoms with Gasteiger partial charge in [-0.2, -0.15) is 0 Å². The molecule has 0 aliphatic carbocycles. The highest BCUT2D eigenvalue weighted by molar-refractivity contribution is 9.10. The SMILES string of the molecule is O=Cc1cccc2c1ccn2Cc1cc(Br)ccc1F. The summed E-state index contributed by atoms with van der Waals surface area (Å²) in [6.45, 7) is 0.428. The molecular weight excluding hydrogens is 321 g/mol. The van der Waals surface area contributed by atoms with Crippen LogP contribution in [0.4, 0.5) is 4.39 Å². The lowest BCUT2D eigenvalue weighted by molar-refractivity contribution is 0.112. The summed E-state index contributed by atoms with van der Waals surface area (Å²) in [4.78, 5) is 11.0. The van der Waals surface area contributed by atoms with Gasteiger partial charge in [0.05, 0.1) is 6.54 Å². The molecule has 4 heteroatoms. The van der Waals surface area contributed by atoms with Gasteiger partial charge >= 0.3 is 0 Å². The molecule has 20 heavy (non-hydrogen) atoms. The van der Waals surface area contributed by atoms with Gasteiger partial charge in [0.1, 0.15) is 5.82 Å². The summed E-state index contributed by atoms with van der Waals surface area (Å²) < 4.78 is 16.6. The van der Waals surface area contributed by atoms with E-state index >= 15 is 0 Å². The molecule has 0 amide bonds. The van der Waals surface area contributed by atoms with E-state index in [4.69, 9.17) is 0 Å². The van der Waals surface area contributed by atoms with Crippen LogP contribution in [-0.4, -0.2) is 10.9 Å². The molecule has 0 aliphatic rings. The maximum atomic E-state index is 13.8. The minimum atomic E-state index is -0.235. The molecule has 0 radical (unpaired) electrons. The molecule has 0 saturated carbocycles. The number of halogens is 2. The van der Waals surface area contributed by atoms with Gasteiger partial charge in [0.25, 0.3) is 0 Å². The first-order valence-corrected chi connectivity index (χ1v) is 6.95. The largest absolute Gasteiger partial charge is 0.343 e. The third kappa shape index (κ3) is 2.27. The number of carbonyl (C=O) groups is 1. The lowest BCUT2D eigenvalue weighted by atomic mass is 10.1. The van der Waals surface area contributed by atoms with E-state index in [1.54, 1.807) is 18.2 Å². The van der Waals surface area contributed by atoms with Crippen LogP contribution in [0.3, 0.4) is 0 Å². The monoisotopic (exact) mass is 331 g/mol. The van der Waals surface area contributed by atoms with Crippen molar-refractivity contribution in [3.05, 3.63) is 70.1 Å². The van der Waals surface area contributed by atoms with Crippen molar-refractivity contribution < 1.29 is 9.18 Å². The van der Waals surface area contributed by atoms with Crippen molar-refractivity contribution in [1.29, 1.82) is 0 Å². The maximum absolute atomic E-state index is 13.8. The van der Waals surface area contributed by atoms with Crippen LogP contribution in [0.5, 0.6) is 0 Å². The van der Waals surface area contributed by atoms with Crippen molar-refractivity contribution in [2.45, 2.75) is 6.54 Å². The van der Waals surface area contributed by atoms with E-state index in [1.807, 2.05) is 29.0 Å². The van der Waals surface area contributed by atoms with Gasteiger partial charge in [-0.3, -0.25) is 4.79 Å². The smallest absolute Gasteiger partial charge is 0.150 e. The molecule has 100 valence electrons. The highest BCUT2D eigenvalue weighted by atomic mass is 79.9. The molecular formula is C16H11BrFNO. The van der Waals surface area contributed by atoms with Crippen molar-refractivity contribution >= 4 is 33.1 Å². The van der Waals surface area contributed by atoms with Gasteiger partial charge in [-0.15, -0.1) is 0 Å². The van der Waals surface area contributed by atoms with Crippen molar-refractivity contribution in [2.24, 2.45) is 0 Å². The minimum Gasteiger partial charge on any atom is -0.343 e. The number of nitrogens with zero attached hydrogens (tertiary/aromatic N) is 1. The topological polar surface area (TPSA) is 22.0 Å². The Morgan fingerprint density at radius 3 is 2.85 bits per heavy atom. The van der Waals surface area contributed by atoms with E-state index in [0.717, 1.165) is 21.7 Å². The van der Waals surface area contributed by atoms with Gasteiger partial charge < -0.3 is 4.57 Å². The standard InChI is InChI=1S/C16H11BrFNO/c17-13-4-5-15(18)12(8-13)9-19-7-6-14-11(10-20)2-1-3-16(14)19/h1-8,10H,9H2. The fraction of sp³-hybridized carbons (Fsp3) is 0.0625. The van der Waals surface area contributed by atoms with Crippen molar-refractivity contribution in [3.63, 3.8) is 0 Å². The van der Waals surface area contributed by atoms with Gasteiger partial charge in [0.2, 0.25) is 0 Å². The van der Waals surface area contributed by atoms with Gasteiger partial charge in [-0.05, 0) is 30.3 Å². The van der Waals surface area contributed by atoms with Gasteiger partial charge in [0, 0.05) is 32.7 Å². The van der Waals surface area contributed by atoms with Crippen molar-refractivity contribution in [1.82, 2.24) is 4.57 Å². The molecule has 0 N–H and O–H groups in total.